The summed E-state index contributed by atoms with van der Waals surface area (Å²) in [6, 6.07) is 5.24. The third-order valence-electron chi connectivity index (χ3n) is 1.84. The first-order valence-electron chi connectivity index (χ1n) is 3.97. The van der Waals surface area contributed by atoms with E-state index in [1.54, 1.807) is 12.1 Å². The second kappa shape index (κ2) is 4.16. The molecule has 0 amide bonds. The molecule has 0 bridgehead atoms. The van der Waals surface area contributed by atoms with Gasteiger partial charge in [-0.25, -0.2) is 4.39 Å². The Morgan fingerprint density at radius 1 is 1.54 bits per heavy atom. The Hall–Kier alpha value is -1.19. The summed E-state index contributed by atoms with van der Waals surface area (Å²) in [7, 11) is 0. The van der Waals surface area contributed by atoms with Crippen LogP contribution in [0, 0.1) is 5.82 Å². The Morgan fingerprint density at radius 2 is 2.23 bits per heavy atom. The highest BCUT2D eigenvalue weighted by atomic mass is 19.1. The molecule has 2 nitrogen and oxygen atoms in total. The molecule has 0 aliphatic carbocycles. The van der Waals surface area contributed by atoms with Crippen LogP contribution in [0.25, 0.3) is 0 Å². The molecular formula is C10H12FNO. The molecule has 1 aromatic carbocycles. The Morgan fingerprint density at radius 3 is 2.77 bits per heavy atom. The van der Waals surface area contributed by atoms with Crippen molar-refractivity contribution >= 4 is 0 Å². The average Bonchev–Trinajstić information content (AvgIpc) is 2.15. The number of aliphatic hydroxyl groups excluding tert-OH is 1. The van der Waals surface area contributed by atoms with Crippen molar-refractivity contribution in [1.82, 2.24) is 0 Å². The molecular weight excluding hydrogens is 169 g/mol. The molecule has 1 aromatic rings. The zero-order chi connectivity index (χ0) is 9.84. The highest BCUT2D eigenvalue weighted by molar-refractivity contribution is 5.21. The van der Waals surface area contributed by atoms with Gasteiger partial charge in [0.15, 0.2) is 0 Å². The van der Waals surface area contributed by atoms with E-state index in [2.05, 4.69) is 6.58 Å². The van der Waals surface area contributed by atoms with Gasteiger partial charge < -0.3 is 10.8 Å². The molecule has 0 spiro atoms. The molecule has 3 N–H and O–H groups in total. The number of aliphatic hydroxyl groups is 1. The van der Waals surface area contributed by atoms with Crippen LogP contribution in [0.5, 0.6) is 0 Å². The first-order chi connectivity index (χ1) is 6.15. The van der Waals surface area contributed by atoms with Gasteiger partial charge in [-0.3, -0.25) is 0 Å². The summed E-state index contributed by atoms with van der Waals surface area (Å²) in [4.78, 5) is 0. The van der Waals surface area contributed by atoms with Gasteiger partial charge in [0.25, 0.3) is 0 Å². The fourth-order valence-electron chi connectivity index (χ4n) is 1.06. The van der Waals surface area contributed by atoms with E-state index in [0.717, 1.165) is 0 Å². The van der Waals surface area contributed by atoms with E-state index in [1.807, 2.05) is 0 Å². The maximum atomic E-state index is 12.7. The number of nitrogens with two attached hydrogens (primary N) is 1. The van der Waals surface area contributed by atoms with Gasteiger partial charge in [-0.2, -0.15) is 0 Å². The van der Waals surface area contributed by atoms with Crippen LogP contribution in [-0.4, -0.2) is 11.2 Å². The summed E-state index contributed by atoms with van der Waals surface area (Å²) in [6.07, 6.45) is 0.483. The zero-order valence-corrected chi connectivity index (χ0v) is 7.15. The van der Waals surface area contributed by atoms with E-state index in [1.165, 1.54) is 18.2 Å². The van der Waals surface area contributed by atoms with Crippen molar-refractivity contribution in [3.63, 3.8) is 0 Å². The van der Waals surface area contributed by atoms with E-state index in [-0.39, 0.29) is 5.82 Å². The standard InChI is InChI=1S/C10H12FNO/c1-2-9(13)10(12)7-4-3-5-8(11)6-7/h2-6,9-10,13H,1,12H2/t9-,10+/m1/s1. The van der Waals surface area contributed by atoms with Crippen molar-refractivity contribution in [2.24, 2.45) is 5.73 Å². The molecule has 0 unspecified atom stereocenters. The second-order valence-corrected chi connectivity index (χ2v) is 2.81. The van der Waals surface area contributed by atoms with Crippen molar-refractivity contribution in [2.45, 2.75) is 12.1 Å². The van der Waals surface area contributed by atoms with Crippen LogP contribution in [0.3, 0.4) is 0 Å². The molecule has 0 saturated heterocycles. The van der Waals surface area contributed by atoms with Crippen molar-refractivity contribution in [3.8, 4) is 0 Å². The van der Waals surface area contributed by atoms with Crippen LogP contribution in [-0.2, 0) is 0 Å². The van der Waals surface area contributed by atoms with Crippen molar-refractivity contribution in [1.29, 1.82) is 0 Å². The maximum absolute atomic E-state index is 12.7. The molecule has 3 heteroatoms. The van der Waals surface area contributed by atoms with Crippen molar-refractivity contribution in [2.75, 3.05) is 0 Å². The molecule has 2 atom stereocenters. The van der Waals surface area contributed by atoms with Gasteiger partial charge in [0.1, 0.15) is 5.82 Å². The van der Waals surface area contributed by atoms with Gasteiger partial charge in [-0.05, 0) is 17.7 Å². The third-order valence-corrected chi connectivity index (χ3v) is 1.84. The van der Waals surface area contributed by atoms with Crippen LogP contribution in [0.1, 0.15) is 11.6 Å². The lowest BCUT2D eigenvalue weighted by Gasteiger charge is -2.15. The Labute approximate surface area is 76.5 Å². The summed E-state index contributed by atoms with van der Waals surface area (Å²) in [6.45, 7) is 3.41. The smallest absolute Gasteiger partial charge is 0.123 e. The average molecular weight is 181 g/mol. The molecule has 0 heterocycles. The van der Waals surface area contributed by atoms with Gasteiger partial charge in [0.05, 0.1) is 12.1 Å². The highest BCUT2D eigenvalue weighted by Crippen LogP contribution is 2.15. The lowest BCUT2D eigenvalue weighted by Crippen LogP contribution is -2.24. The summed E-state index contributed by atoms with van der Waals surface area (Å²) in [5.41, 5.74) is 6.19. The molecule has 1 rings (SSSR count). The van der Waals surface area contributed by atoms with Gasteiger partial charge in [0.2, 0.25) is 0 Å². The van der Waals surface area contributed by atoms with Crippen LogP contribution >= 0.6 is 0 Å². The fourth-order valence-corrected chi connectivity index (χ4v) is 1.06. The third kappa shape index (κ3) is 2.37. The van der Waals surface area contributed by atoms with Gasteiger partial charge in [0, 0.05) is 0 Å². The van der Waals surface area contributed by atoms with Crippen molar-refractivity contribution < 1.29 is 9.50 Å². The fraction of sp³-hybridized carbons (Fsp3) is 0.200. The molecule has 0 radical (unpaired) electrons. The summed E-state index contributed by atoms with van der Waals surface area (Å²) < 4.78 is 12.7. The zero-order valence-electron chi connectivity index (χ0n) is 7.15. The van der Waals surface area contributed by atoms with E-state index < -0.39 is 12.1 Å². The lowest BCUT2D eigenvalue weighted by atomic mass is 10.0. The first kappa shape index (κ1) is 9.89. The number of hydrogen-bond donors (Lipinski definition) is 2. The van der Waals surface area contributed by atoms with E-state index >= 15 is 0 Å². The minimum atomic E-state index is -0.846. The minimum Gasteiger partial charge on any atom is -0.387 e. The largest absolute Gasteiger partial charge is 0.387 e. The predicted molar refractivity (Wildman–Crippen MR) is 49.5 cm³/mol. The highest BCUT2D eigenvalue weighted by Gasteiger charge is 2.13. The molecule has 0 aromatic heterocycles. The topological polar surface area (TPSA) is 46.2 Å². The summed E-state index contributed by atoms with van der Waals surface area (Å²) >= 11 is 0. The Balaban J connectivity index is 2.88. The van der Waals surface area contributed by atoms with Crippen LogP contribution in [0.2, 0.25) is 0 Å². The van der Waals surface area contributed by atoms with Gasteiger partial charge >= 0.3 is 0 Å². The number of rotatable bonds is 3. The van der Waals surface area contributed by atoms with E-state index in [0.29, 0.717) is 5.56 Å². The predicted octanol–water partition coefficient (Wildman–Crippen LogP) is 1.37. The lowest BCUT2D eigenvalue weighted by molar-refractivity contribution is 0.192. The van der Waals surface area contributed by atoms with Gasteiger partial charge in [-0.15, -0.1) is 6.58 Å². The molecule has 0 saturated carbocycles. The maximum Gasteiger partial charge on any atom is 0.123 e. The quantitative estimate of drug-likeness (QED) is 0.692. The minimum absolute atomic E-state index is 0.357. The Kier molecular flexibility index (Phi) is 3.17. The number of benzene rings is 1. The van der Waals surface area contributed by atoms with Crippen LogP contribution < -0.4 is 5.73 Å². The summed E-state index contributed by atoms with van der Waals surface area (Å²) in [5, 5.41) is 9.31. The first-order valence-corrected chi connectivity index (χ1v) is 3.97. The van der Waals surface area contributed by atoms with Gasteiger partial charge in [-0.1, -0.05) is 18.2 Å². The van der Waals surface area contributed by atoms with Crippen LogP contribution in [0.4, 0.5) is 4.39 Å². The summed E-state index contributed by atoms with van der Waals surface area (Å²) in [5.74, 6) is -0.357. The molecule has 0 aliphatic rings. The van der Waals surface area contributed by atoms with Crippen LogP contribution in [0.15, 0.2) is 36.9 Å². The second-order valence-electron chi connectivity index (χ2n) is 2.81. The number of hydrogen-bond acceptors (Lipinski definition) is 2. The van der Waals surface area contributed by atoms with E-state index in [9.17, 15) is 9.50 Å². The molecule has 0 aliphatic heterocycles. The van der Waals surface area contributed by atoms with E-state index in [4.69, 9.17) is 5.73 Å². The molecule has 13 heavy (non-hydrogen) atoms. The normalized spacial score (nSPS) is 15.0. The molecule has 0 fully saturated rings. The monoisotopic (exact) mass is 181 g/mol. The van der Waals surface area contributed by atoms with Crippen molar-refractivity contribution in [3.05, 3.63) is 48.3 Å². The SMILES string of the molecule is C=C[C@@H](O)[C@@H](N)c1cccc(F)c1. The number of halogens is 1. The molecule has 70 valence electrons. The Bertz CT molecular complexity index is 301.